The summed E-state index contributed by atoms with van der Waals surface area (Å²) in [6.45, 7) is 3.97. The molecule has 1 aromatic rings. The van der Waals surface area contributed by atoms with Crippen molar-refractivity contribution in [3.05, 3.63) is 28.8 Å². The maximum atomic E-state index is 12.0. The largest absolute Gasteiger partial charge is 0.396 e. The van der Waals surface area contributed by atoms with E-state index in [1.165, 1.54) is 0 Å². The minimum absolute atomic E-state index is 0.0147. The van der Waals surface area contributed by atoms with Gasteiger partial charge in [0.25, 0.3) is 0 Å². The van der Waals surface area contributed by atoms with Crippen LogP contribution in [0.3, 0.4) is 0 Å². The van der Waals surface area contributed by atoms with Gasteiger partial charge in [0, 0.05) is 35.7 Å². The number of hydrogen-bond donors (Lipinski definition) is 1. The monoisotopic (exact) mass is 253 g/mol. The van der Waals surface area contributed by atoms with Gasteiger partial charge in [0.05, 0.1) is 0 Å². The molecule has 3 nitrogen and oxygen atoms in total. The lowest BCUT2D eigenvalue weighted by atomic mass is 10.0. The minimum atomic E-state index is 0.0147. The summed E-state index contributed by atoms with van der Waals surface area (Å²) in [6, 6.07) is 5.55. The van der Waals surface area contributed by atoms with Gasteiger partial charge >= 0.3 is 0 Å². The molecule has 0 bridgehead atoms. The maximum Gasteiger partial charge on any atom is 0.227 e. The molecule has 0 aromatic heterocycles. The molecule has 1 aliphatic heterocycles. The van der Waals surface area contributed by atoms with Gasteiger partial charge in [0.1, 0.15) is 0 Å². The molecule has 0 radical (unpaired) electrons. The van der Waals surface area contributed by atoms with Gasteiger partial charge in [-0.1, -0.05) is 17.7 Å². The number of hydrogen-bond acceptors (Lipinski definition) is 2. The summed E-state index contributed by atoms with van der Waals surface area (Å²) in [5.74, 6) is 0.0720. The number of carbonyl (C=O) groups excluding carboxylic acids is 1. The molecule has 2 unspecified atom stereocenters. The van der Waals surface area contributed by atoms with E-state index in [-0.39, 0.29) is 24.5 Å². The van der Waals surface area contributed by atoms with Crippen molar-refractivity contribution in [1.29, 1.82) is 0 Å². The molecule has 0 spiro atoms. The first-order valence-electron chi connectivity index (χ1n) is 5.73. The van der Waals surface area contributed by atoms with E-state index in [4.69, 9.17) is 11.6 Å². The third-order valence-electron chi connectivity index (χ3n) is 3.46. The number of aryl methyl sites for hydroxylation is 1. The lowest BCUT2D eigenvalue weighted by Crippen LogP contribution is -2.34. The summed E-state index contributed by atoms with van der Waals surface area (Å²) >= 11 is 5.97. The smallest absolute Gasteiger partial charge is 0.227 e. The number of aliphatic hydroxyl groups excluding tert-OH is 1. The first-order valence-corrected chi connectivity index (χ1v) is 6.11. The second kappa shape index (κ2) is 4.67. The van der Waals surface area contributed by atoms with Gasteiger partial charge in [-0.05, 0) is 31.5 Å². The molecule has 1 saturated heterocycles. The Bertz CT molecular complexity index is 447. The normalized spacial score (nSPS) is 24.5. The topological polar surface area (TPSA) is 40.5 Å². The van der Waals surface area contributed by atoms with Gasteiger partial charge in [-0.3, -0.25) is 4.79 Å². The van der Waals surface area contributed by atoms with Crippen LogP contribution in [0.1, 0.15) is 18.9 Å². The van der Waals surface area contributed by atoms with Gasteiger partial charge in [0.2, 0.25) is 5.91 Å². The van der Waals surface area contributed by atoms with Crippen LogP contribution < -0.4 is 4.90 Å². The fourth-order valence-corrected chi connectivity index (χ4v) is 2.51. The van der Waals surface area contributed by atoms with Crippen molar-refractivity contribution < 1.29 is 9.90 Å². The molecule has 1 fully saturated rings. The Morgan fingerprint density at radius 1 is 1.53 bits per heavy atom. The van der Waals surface area contributed by atoms with E-state index in [1.54, 1.807) is 4.90 Å². The Morgan fingerprint density at radius 2 is 2.24 bits per heavy atom. The lowest BCUT2D eigenvalue weighted by Gasteiger charge is -2.26. The van der Waals surface area contributed by atoms with Crippen molar-refractivity contribution in [2.75, 3.05) is 11.5 Å². The molecule has 1 aliphatic rings. The van der Waals surface area contributed by atoms with Crippen LogP contribution in [0.2, 0.25) is 5.02 Å². The number of benzene rings is 1. The standard InChI is InChI=1S/C13H16ClNO2/c1-8-3-4-11(14)6-12(8)15-9(2)10(7-16)5-13(15)17/h3-4,6,9-10,16H,5,7H2,1-2H3. The van der Waals surface area contributed by atoms with Crippen LogP contribution in [-0.4, -0.2) is 23.7 Å². The highest BCUT2D eigenvalue weighted by Crippen LogP contribution is 2.33. The summed E-state index contributed by atoms with van der Waals surface area (Å²) in [6.07, 6.45) is 0.406. The quantitative estimate of drug-likeness (QED) is 0.879. The van der Waals surface area contributed by atoms with Crippen LogP contribution in [0.4, 0.5) is 5.69 Å². The minimum Gasteiger partial charge on any atom is -0.396 e. The molecule has 92 valence electrons. The van der Waals surface area contributed by atoms with E-state index in [0.717, 1.165) is 11.3 Å². The van der Waals surface area contributed by atoms with E-state index in [0.29, 0.717) is 11.4 Å². The Morgan fingerprint density at radius 3 is 2.82 bits per heavy atom. The number of rotatable bonds is 2. The summed E-state index contributed by atoms with van der Waals surface area (Å²) < 4.78 is 0. The average molecular weight is 254 g/mol. The Balaban J connectivity index is 2.39. The maximum absolute atomic E-state index is 12.0. The zero-order valence-electron chi connectivity index (χ0n) is 9.98. The van der Waals surface area contributed by atoms with E-state index >= 15 is 0 Å². The van der Waals surface area contributed by atoms with Crippen molar-refractivity contribution >= 4 is 23.2 Å². The molecule has 1 aromatic carbocycles. The number of carbonyl (C=O) groups is 1. The third kappa shape index (κ3) is 2.17. The average Bonchev–Trinajstić information content (AvgIpc) is 2.58. The molecule has 1 N–H and O–H groups in total. The molecule has 0 saturated carbocycles. The SMILES string of the molecule is Cc1ccc(Cl)cc1N1C(=O)CC(CO)C1C. The van der Waals surface area contributed by atoms with Gasteiger partial charge in [-0.25, -0.2) is 0 Å². The first-order chi connectivity index (χ1) is 8.04. The van der Waals surface area contributed by atoms with Crippen LogP contribution >= 0.6 is 11.6 Å². The van der Waals surface area contributed by atoms with Crippen molar-refractivity contribution in [2.45, 2.75) is 26.3 Å². The molecule has 2 rings (SSSR count). The number of aliphatic hydroxyl groups is 1. The third-order valence-corrected chi connectivity index (χ3v) is 3.70. The number of nitrogens with zero attached hydrogens (tertiary/aromatic N) is 1. The molecule has 4 heteroatoms. The predicted molar refractivity (Wildman–Crippen MR) is 68.3 cm³/mol. The van der Waals surface area contributed by atoms with Crippen LogP contribution in [0.25, 0.3) is 0 Å². The molecule has 1 heterocycles. The Labute approximate surface area is 106 Å². The summed E-state index contributed by atoms with van der Waals surface area (Å²) in [7, 11) is 0. The fraction of sp³-hybridized carbons (Fsp3) is 0.462. The van der Waals surface area contributed by atoms with Crippen molar-refractivity contribution in [1.82, 2.24) is 0 Å². The summed E-state index contributed by atoms with van der Waals surface area (Å²) in [5, 5.41) is 9.86. The Kier molecular flexibility index (Phi) is 3.40. The van der Waals surface area contributed by atoms with Gasteiger partial charge in [-0.2, -0.15) is 0 Å². The van der Waals surface area contributed by atoms with Crippen LogP contribution in [0, 0.1) is 12.8 Å². The van der Waals surface area contributed by atoms with E-state index < -0.39 is 0 Å². The van der Waals surface area contributed by atoms with E-state index in [1.807, 2.05) is 32.0 Å². The Hall–Kier alpha value is -1.06. The highest BCUT2D eigenvalue weighted by atomic mass is 35.5. The highest BCUT2D eigenvalue weighted by molar-refractivity contribution is 6.31. The van der Waals surface area contributed by atoms with Gasteiger partial charge in [0.15, 0.2) is 0 Å². The molecular weight excluding hydrogens is 238 g/mol. The highest BCUT2D eigenvalue weighted by Gasteiger charge is 2.37. The molecule has 0 aliphatic carbocycles. The van der Waals surface area contributed by atoms with E-state index in [2.05, 4.69) is 0 Å². The second-order valence-corrected chi connectivity index (χ2v) is 5.02. The van der Waals surface area contributed by atoms with Crippen LogP contribution in [0.15, 0.2) is 18.2 Å². The summed E-state index contributed by atoms with van der Waals surface area (Å²) in [4.78, 5) is 13.7. The number of anilines is 1. The zero-order valence-corrected chi connectivity index (χ0v) is 10.7. The van der Waals surface area contributed by atoms with Gasteiger partial charge in [-0.15, -0.1) is 0 Å². The zero-order chi connectivity index (χ0) is 12.6. The van der Waals surface area contributed by atoms with E-state index in [9.17, 15) is 9.90 Å². The van der Waals surface area contributed by atoms with Crippen molar-refractivity contribution in [3.8, 4) is 0 Å². The lowest BCUT2D eigenvalue weighted by molar-refractivity contribution is -0.117. The number of halogens is 1. The predicted octanol–water partition coefficient (Wildman–Crippen LogP) is 2.38. The van der Waals surface area contributed by atoms with Crippen molar-refractivity contribution in [3.63, 3.8) is 0 Å². The molecule has 17 heavy (non-hydrogen) atoms. The summed E-state index contributed by atoms with van der Waals surface area (Å²) in [5.41, 5.74) is 1.87. The first kappa shape index (κ1) is 12.4. The van der Waals surface area contributed by atoms with Crippen LogP contribution in [-0.2, 0) is 4.79 Å². The van der Waals surface area contributed by atoms with Gasteiger partial charge < -0.3 is 10.0 Å². The second-order valence-electron chi connectivity index (χ2n) is 4.58. The number of amides is 1. The molecular formula is C13H16ClNO2. The fourth-order valence-electron chi connectivity index (χ4n) is 2.34. The molecule has 1 amide bonds. The van der Waals surface area contributed by atoms with Crippen molar-refractivity contribution in [2.24, 2.45) is 5.92 Å². The molecule has 2 atom stereocenters. The van der Waals surface area contributed by atoms with Crippen LogP contribution in [0.5, 0.6) is 0 Å².